The molecule has 3 rings (SSSR count). The number of thioether (sulfide) groups is 1. The topological polar surface area (TPSA) is 84.3 Å². The van der Waals surface area contributed by atoms with Gasteiger partial charge < -0.3 is 9.88 Å². The highest BCUT2D eigenvalue weighted by molar-refractivity contribution is 7.99. The Kier molecular flexibility index (Phi) is 5.75. The molecule has 2 fully saturated rings. The quantitative estimate of drug-likeness (QED) is 0.826. The van der Waals surface area contributed by atoms with Crippen molar-refractivity contribution in [3.63, 3.8) is 0 Å². The second-order valence-electron chi connectivity index (χ2n) is 6.95. The van der Waals surface area contributed by atoms with E-state index in [0.29, 0.717) is 18.2 Å². The fourth-order valence-electron chi connectivity index (χ4n) is 3.64. The van der Waals surface area contributed by atoms with Crippen molar-refractivity contribution in [3.05, 3.63) is 12.4 Å². The Balaban J connectivity index is 1.49. The highest BCUT2D eigenvalue weighted by atomic mass is 32.2. The van der Waals surface area contributed by atoms with Crippen molar-refractivity contribution in [3.8, 4) is 0 Å². The van der Waals surface area contributed by atoms with Gasteiger partial charge in [0.2, 0.25) is 15.9 Å². The second kappa shape index (κ2) is 7.67. The van der Waals surface area contributed by atoms with Crippen molar-refractivity contribution in [1.29, 1.82) is 0 Å². The normalized spacial score (nSPS) is 28.2. The van der Waals surface area contributed by atoms with Gasteiger partial charge in [0.15, 0.2) is 5.16 Å². The molecule has 0 radical (unpaired) electrons. The van der Waals surface area contributed by atoms with Crippen molar-refractivity contribution in [2.45, 2.75) is 61.0 Å². The smallest absolute Gasteiger partial charge is 0.238 e. The van der Waals surface area contributed by atoms with Crippen LogP contribution < -0.4 is 5.32 Å². The Hall–Kier alpha value is -1.06. The Morgan fingerprint density at radius 2 is 2.00 bits per heavy atom. The fourth-order valence-corrected chi connectivity index (χ4v) is 5.92. The number of aryl methyl sites for hydroxylation is 1. The molecule has 1 atom stereocenters. The van der Waals surface area contributed by atoms with E-state index in [1.807, 2.05) is 24.0 Å². The minimum atomic E-state index is -3.32. The lowest BCUT2D eigenvalue weighted by molar-refractivity contribution is -0.125. The number of aromatic nitrogens is 2. The molecule has 1 aromatic heterocycles. The summed E-state index contributed by atoms with van der Waals surface area (Å²) < 4.78 is 27.0. The average Bonchev–Trinajstić information content (AvgIpc) is 3.18. The van der Waals surface area contributed by atoms with Crippen molar-refractivity contribution in [2.75, 3.05) is 12.8 Å². The van der Waals surface area contributed by atoms with E-state index in [2.05, 4.69) is 10.3 Å². The van der Waals surface area contributed by atoms with E-state index in [1.165, 1.54) is 10.6 Å². The number of imidazole rings is 1. The van der Waals surface area contributed by atoms with Crippen LogP contribution in [0.4, 0.5) is 0 Å². The van der Waals surface area contributed by atoms with E-state index >= 15 is 0 Å². The summed E-state index contributed by atoms with van der Waals surface area (Å²) >= 11 is 1.80. The van der Waals surface area contributed by atoms with E-state index in [4.69, 9.17) is 0 Å². The highest BCUT2D eigenvalue weighted by Gasteiger charge is 2.37. The zero-order chi connectivity index (χ0) is 18.0. The van der Waals surface area contributed by atoms with E-state index in [0.717, 1.165) is 37.3 Å². The number of nitrogens with zero attached hydrogens (tertiary/aromatic N) is 3. The maximum atomic E-state index is 12.5. The molecule has 0 aromatic carbocycles. The molecule has 140 valence electrons. The van der Waals surface area contributed by atoms with Gasteiger partial charge in [0, 0.05) is 37.3 Å². The molecule has 9 heteroatoms. The Morgan fingerprint density at radius 3 is 2.60 bits per heavy atom. The Bertz CT molecular complexity index is 711. The van der Waals surface area contributed by atoms with Crippen molar-refractivity contribution >= 4 is 27.7 Å². The molecule has 0 bridgehead atoms. The van der Waals surface area contributed by atoms with Crippen LogP contribution in [0.25, 0.3) is 0 Å². The van der Waals surface area contributed by atoms with Crippen molar-refractivity contribution in [2.24, 2.45) is 7.05 Å². The Morgan fingerprint density at radius 1 is 1.28 bits per heavy atom. The average molecular weight is 387 g/mol. The van der Waals surface area contributed by atoms with Crippen molar-refractivity contribution in [1.82, 2.24) is 19.2 Å². The van der Waals surface area contributed by atoms with Gasteiger partial charge in [0.1, 0.15) is 6.04 Å². The molecule has 7 nitrogen and oxygen atoms in total. The Labute approximate surface area is 153 Å². The molecule has 2 aliphatic rings. The third-order valence-corrected chi connectivity index (χ3v) is 7.70. The van der Waals surface area contributed by atoms with Gasteiger partial charge in [0.25, 0.3) is 0 Å². The lowest BCUT2D eigenvalue weighted by Crippen LogP contribution is -2.49. The zero-order valence-corrected chi connectivity index (χ0v) is 16.4. The molecule has 1 aliphatic heterocycles. The van der Waals surface area contributed by atoms with Crippen LogP contribution in [0.3, 0.4) is 0 Å². The van der Waals surface area contributed by atoms with E-state index in [1.54, 1.807) is 11.8 Å². The number of nitrogens with one attached hydrogen (secondary N) is 1. The molecule has 1 aromatic rings. The number of carbonyl (C=O) groups is 1. The first kappa shape index (κ1) is 18.7. The maximum Gasteiger partial charge on any atom is 0.238 e. The van der Waals surface area contributed by atoms with Gasteiger partial charge in [-0.3, -0.25) is 4.79 Å². The SMILES string of the molecule is Cn1ccnc1SC1CCC(NC(=O)[C@@H]2CCCN2S(C)(=O)=O)CC1. The van der Waals surface area contributed by atoms with Gasteiger partial charge in [0.05, 0.1) is 6.26 Å². The largest absolute Gasteiger partial charge is 0.352 e. The summed E-state index contributed by atoms with van der Waals surface area (Å²) in [5.41, 5.74) is 0. The molecule has 1 aliphatic carbocycles. The van der Waals surface area contributed by atoms with Gasteiger partial charge >= 0.3 is 0 Å². The monoisotopic (exact) mass is 386 g/mol. The van der Waals surface area contributed by atoms with Gasteiger partial charge in [-0.2, -0.15) is 4.31 Å². The molecule has 1 N–H and O–H groups in total. The highest BCUT2D eigenvalue weighted by Crippen LogP contribution is 2.33. The molecule has 0 unspecified atom stereocenters. The zero-order valence-electron chi connectivity index (χ0n) is 14.7. The first-order valence-corrected chi connectivity index (χ1v) is 11.5. The molecule has 2 heterocycles. The number of amides is 1. The first-order chi connectivity index (χ1) is 11.8. The summed E-state index contributed by atoms with van der Waals surface area (Å²) in [6, 6.07) is -0.387. The molecular weight excluding hydrogens is 360 g/mol. The van der Waals surface area contributed by atoms with Crippen LogP contribution >= 0.6 is 11.8 Å². The standard InChI is InChI=1S/C16H26N4O3S2/c1-19-11-9-17-16(19)24-13-7-5-12(6-8-13)18-15(21)14-4-3-10-20(14)25(2,22)23/h9,11-14H,3-8,10H2,1-2H3,(H,18,21)/t12?,13?,14-/m0/s1. The molecular formula is C16H26N4O3S2. The van der Waals surface area contributed by atoms with Crippen LogP contribution in [0.15, 0.2) is 17.6 Å². The van der Waals surface area contributed by atoms with Gasteiger partial charge in [-0.15, -0.1) is 0 Å². The van der Waals surface area contributed by atoms with Crippen LogP contribution in [0, 0.1) is 0 Å². The predicted molar refractivity (Wildman–Crippen MR) is 97.8 cm³/mol. The molecule has 1 saturated heterocycles. The lowest BCUT2D eigenvalue weighted by Gasteiger charge is -2.30. The predicted octanol–water partition coefficient (Wildman–Crippen LogP) is 1.36. The van der Waals surface area contributed by atoms with E-state index in [9.17, 15) is 13.2 Å². The van der Waals surface area contributed by atoms with Gasteiger partial charge in [-0.25, -0.2) is 13.4 Å². The molecule has 1 amide bonds. The summed E-state index contributed by atoms with van der Waals surface area (Å²) in [5.74, 6) is -0.136. The fraction of sp³-hybridized carbons (Fsp3) is 0.750. The van der Waals surface area contributed by atoms with Crippen molar-refractivity contribution < 1.29 is 13.2 Å². The van der Waals surface area contributed by atoms with Gasteiger partial charge in [-0.1, -0.05) is 11.8 Å². The third-order valence-electron chi connectivity index (χ3n) is 5.00. The minimum absolute atomic E-state index is 0.136. The summed E-state index contributed by atoms with van der Waals surface area (Å²) in [4.78, 5) is 16.9. The van der Waals surface area contributed by atoms with E-state index in [-0.39, 0.29) is 11.9 Å². The number of hydrogen-bond donors (Lipinski definition) is 1. The molecule has 25 heavy (non-hydrogen) atoms. The number of carbonyl (C=O) groups excluding carboxylic acids is 1. The van der Waals surface area contributed by atoms with Gasteiger partial charge in [-0.05, 0) is 38.5 Å². The summed E-state index contributed by atoms with van der Waals surface area (Å²) in [6.07, 6.45) is 10.2. The summed E-state index contributed by atoms with van der Waals surface area (Å²) in [5, 5.41) is 4.63. The van der Waals surface area contributed by atoms with Crippen LogP contribution in [0.2, 0.25) is 0 Å². The van der Waals surface area contributed by atoms with Crippen LogP contribution in [0.5, 0.6) is 0 Å². The van der Waals surface area contributed by atoms with Crippen LogP contribution in [0.1, 0.15) is 38.5 Å². The number of sulfonamides is 1. The number of rotatable bonds is 5. The second-order valence-corrected chi connectivity index (χ2v) is 10.2. The van der Waals surface area contributed by atoms with Crippen LogP contribution in [-0.2, 0) is 21.9 Å². The first-order valence-electron chi connectivity index (χ1n) is 8.76. The minimum Gasteiger partial charge on any atom is -0.352 e. The number of hydrogen-bond acceptors (Lipinski definition) is 5. The van der Waals surface area contributed by atoms with Crippen LogP contribution in [-0.4, -0.2) is 58.3 Å². The third kappa shape index (κ3) is 4.57. The maximum absolute atomic E-state index is 12.5. The van der Waals surface area contributed by atoms with E-state index < -0.39 is 16.1 Å². The summed E-state index contributed by atoms with van der Waals surface area (Å²) in [7, 11) is -1.32. The lowest BCUT2D eigenvalue weighted by atomic mass is 9.94. The molecule has 1 saturated carbocycles. The summed E-state index contributed by atoms with van der Waals surface area (Å²) in [6.45, 7) is 0.448. The molecule has 0 spiro atoms.